The van der Waals surface area contributed by atoms with E-state index >= 15 is 0 Å². The Labute approximate surface area is 157 Å². The number of hydrogen-bond acceptors (Lipinski definition) is 3. The number of halogens is 1. The highest BCUT2D eigenvalue weighted by molar-refractivity contribution is 6.31. The Morgan fingerprint density at radius 1 is 1.08 bits per heavy atom. The van der Waals surface area contributed by atoms with Crippen LogP contribution in [-0.4, -0.2) is 57.6 Å². The summed E-state index contributed by atoms with van der Waals surface area (Å²) in [6.07, 6.45) is 3.23. The fourth-order valence-electron chi connectivity index (χ4n) is 2.94. The van der Waals surface area contributed by atoms with Crippen LogP contribution < -0.4 is 0 Å². The van der Waals surface area contributed by atoms with Crippen LogP contribution in [0.1, 0.15) is 18.2 Å². The topological polar surface area (TPSA) is 58.4 Å². The zero-order valence-electron chi connectivity index (χ0n) is 14.9. The minimum absolute atomic E-state index is 0.0448. The van der Waals surface area contributed by atoms with Crippen molar-refractivity contribution in [3.05, 3.63) is 52.8 Å². The Balaban J connectivity index is 1.72. The van der Waals surface area contributed by atoms with E-state index in [1.165, 1.54) is 6.08 Å². The van der Waals surface area contributed by atoms with E-state index < -0.39 is 0 Å². The predicted octanol–water partition coefficient (Wildman–Crippen LogP) is 2.54. The highest BCUT2D eigenvalue weighted by atomic mass is 35.5. The summed E-state index contributed by atoms with van der Waals surface area (Å²) in [5.74, 6) is -0.0421. The highest BCUT2D eigenvalue weighted by Gasteiger charge is 2.21. The lowest BCUT2D eigenvalue weighted by molar-refractivity contribution is -0.135. The number of nitrogens with zero attached hydrogens (tertiary/aromatic N) is 4. The minimum Gasteiger partial charge on any atom is -0.339 e. The van der Waals surface area contributed by atoms with Crippen molar-refractivity contribution in [2.45, 2.75) is 13.8 Å². The summed E-state index contributed by atoms with van der Waals surface area (Å²) in [5, 5.41) is 4.94. The number of benzene rings is 1. The van der Waals surface area contributed by atoms with Crippen LogP contribution in [0.15, 0.2) is 36.4 Å². The normalized spacial score (nSPS) is 14.9. The van der Waals surface area contributed by atoms with Gasteiger partial charge in [0.05, 0.1) is 11.4 Å². The molecule has 0 atom stereocenters. The molecule has 1 aliphatic heterocycles. The maximum absolute atomic E-state index is 12.4. The zero-order valence-corrected chi connectivity index (χ0v) is 15.6. The first-order chi connectivity index (χ1) is 12.5. The molecular weight excluding hydrogens is 352 g/mol. The van der Waals surface area contributed by atoms with Gasteiger partial charge in [0.15, 0.2) is 0 Å². The van der Waals surface area contributed by atoms with Crippen molar-refractivity contribution in [2.75, 3.05) is 26.2 Å². The quantitative estimate of drug-likeness (QED) is 0.778. The van der Waals surface area contributed by atoms with Gasteiger partial charge in [0.1, 0.15) is 5.15 Å². The van der Waals surface area contributed by atoms with Gasteiger partial charge in [-0.15, -0.1) is 0 Å². The third-order valence-electron chi connectivity index (χ3n) is 4.48. The fourth-order valence-corrected chi connectivity index (χ4v) is 3.28. The lowest BCUT2D eigenvalue weighted by atomic mass is 10.2. The van der Waals surface area contributed by atoms with Gasteiger partial charge in [-0.3, -0.25) is 9.59 Å². The van der Waals surface area contributed by atoms with Crippen LogP contribution in [0.2, 0.25) is 5.15 Å². The third kappa shape index (κ3) is 3.80. The lowest BCUT2D eigenvalue weighted by Crippen LogP contribution is -2.49. The number of rotatable bonds is 3. The molecule has 0 radical (unpaired) electrons. The first-order valence-electron chi connectivity index (χ1n) is 8.50. The molecule has 7 heteroatoms. The SMILES string of the molecule is CC(=O)N1CCN(C(=O)/C=C/c2c(C)nn(-c3ccccc3)c2Cl)CC1. The summed E-state index contributed by atoms with van der Waals surface area (Å²) >= 11 is 6.47. The van der Waals surface area contributed by atoms with Gasteiger partial charge in [-0.2, -0.15) is 5.10 Å². The number of aryl methyl sites for hydroxylation is 1. The van der Waals surface area contributed by atoms with Crippen LogP contribution in [0.5, 0.6) is 0 Å². The van der Waals surface area contributed by atoms with E-state index in [4.69, 9.17) is 11.6 Å². The Morgan fingerprint density at radius 3 is 2.31 bits per heavy atom. The van der Waals surface area contributed by atoms with Gasteiger partial charge in [-0.25, -0.2) is 4.68 Å². The molecule has 2 heterocycles. The first-order valence-corrected chi connectivity index (χ1v) is 8.88. The van der Waals surface area contributed by atoms with E-state index in [1.54, 1.807) is 27.5 Å². The molecule has 1 saturated heterocycles. The van der Waals surface area contributed by atoms with Gasteiger partial charge < -0.3 is 9.80 Å². The fraction of sp³-hybridized carbons (Fsp3) is 0.316. The summed E-state index contributed by atoms with van der Waals surface area (Å²) in [5.41, 5.74) is 2.35. The zero-order chi connectivity index (χ0) is 18.7. The summed E-state index contributed by atoms with van der Waals surface area (Å²) in [4.78, 5) is 27.3. The van der Waals surface area contributed by atoms with E-state index in [0.717, 1.165) is 16.9 Å². The van der Waals surface area contributed by atoms with Crippen molar-refractivity contribution in [1.29, 1.82) is 0 Å². The molecule has 0 aliphatic carbocycles. The van der Waals surface area contributed by atoms with Crippen LogP contribution in [-0.2, 0) is 9.59 Å². The molecule has 1 aromatic heterocycles. The molecule has 1 aromatic carbocycles. The van der Waals surface area contributed by atoms with Gasteiger partial charge in [0.2, 0.25) is 11.8 Å². The Kier molecular flexibility index (Phi) is 5.42. The Morgan fingerprint density at radius 2 is 1.69 bits per heavy atom. The van der Waals surface area contributed by atoms with Gasteiger partial charge in [-0.1, -0.05) is 29.8 Å². The van der Waals surface area contributed by atoms with Crippen LogP contribution in [0, 0.1) is 6.92 Å². The summed E-state index contributed by atoms with van der Waals surface area (Å²) < 4.78 is 1.66. The molecule has 6 nitrogen and oxygen atoms in total. The minimum atomic E-state index is -0.0869. The monoisotopic (exact) mass is 372 g/mol. The van der Waals surface area contributed by atoms with Gasteiger partial charge in [0, 0.05) is 44.7 Å². The molecule has 3 rings (SSSR count). The molecule has 2 aromatic rings. The molecule has 0 spiro atoms. The molecule has 0 unspecified atom stereocenters. The summed E-state index contributed by atoms with van der Waals surface area (Å²) in [6.45, 7) is 5.63. The highest BCUT2D eigenvalue weighted by Crippen LogP contribution is 2.24. The molecule has 26 heavy (non-hydrogen) atoms. The molecule has 1 fully saturated rings. The van der Waals surface area contributed by atoms with E-state index in [9.17, 15) is 9.59 Å². The van der Waals surface area contributed by atoms with E-state index in [0.29, 0.717) is 31.3 Å². The second kappa shape index (κ2) is 7.74. The molecular formula is C19H21ClN4O2. The number of amides is 2. The Bertz CT molecular complexity index is 837. The molecule has 0 saturated carbocycles. The van der Waals surface area contributed by atoms with E-state index in [-0.39, 0.29) is 11.8 Å². The summed E-state index contributed by atoms with van der Waals surface area (Å²) in [6, 6.07) is 9.61. The van der Waals surface area contributed by atoms with Gasteiger partial charge in [0.25, 0.3) is 0 Å². The maximum Gasteiger partial charge on any atom is 0.246 e. The van der Waals surface area contributed by atoms with Crippen molar-refractivity contribution >= 4 is 29.5 Å². The van der Waals surface area contributed by atoms with E-state index in [1.807, 2.05) is 37.3 Å². The number of aromatic nitrogens is 2. The number of piperazine rings is 1. The molecule has 2 amide bonds. The maximum atomic E-state index is 12.4. The second-order valence-corrected chi connectivity index (χ2v) is 6.56. The summed E-state index contributed by atoms with van der Waals surface area (Å²) in [7, 11) is 0. The van der Waals surface area contributed by atoms with Crippen molar-refractivity contribution in [3.8, 4) is 5.69 Å². The average Bonchev–Trinajstić information content (AvgIpc) is 2.94. The van der Waals surface area contributed by atoms with Crippen molar-refractivity contribution < 1.29 is 9.59 Å². The predicted molar refractivity (Wildman–Crippen MR) is 101 cm³/mol. The number of para-hydroxylation sites is 1. The van der Waals surface area contributed by atoms with Gasteiger partial charge >= 0.3 is 0 Å². The number of hydrogen-bond donors (Lipinski definition) is 0. The second-order valence-electron chi connectivity index (χ2n) is 6.20. The average molecular weight is 373 g/mol. The smallest absolute Gasteiger partial charge is 0.246 e. The Hall–Kier alpha value is -2.60. The van der Waals surface area contributed by atoms with Crippen molar-refractivity contribution in [1.82, 2.24) is 19.6 Å². The third-order valence-corrected chi connectivity index (χ3v) is 4.84. The lowest BCUT2D eigenvalue weighted by Gasteiger charge is -2.33. The van der Waals surface area contributed by atoms with Crippen LogP contribution in [0.25, 0.3) is 11.8 Å². The number of carbonyl (C=O) groups excluding carboxylic acids is 2. The van der Waals surface area contributed by atoms with Crippen LogP contribution >= 0.6 is 11.6 Å². The first kappa shape index (κ1) is 18.2. The van der Waals surface area contributed by atoms with Gasteiger partial charge in [-0.05, 0) is 25.1 Å². The van der Waals surface area contributed by atoms with Crippen molar-refractivity contribution in [3.63, 3.8) is 0 Å². The number of carbonyl (C=O) groups is 2. The van der Waals surface area contributed by atoms with Crippen LogP contribution in [0.3, 0.4) is 0 Å². The molecule has 136 valence electrons. The molecule has 1 aliphatic rings. The van der Waals surface area contributed by atoms with Crippen LogP contribution in [0.4, 0.5) is 0 Å². The molecule has 0 bridgehead atoms. The molecule has 0 N–H and O–H groups in total. The van der Waals surface area contributed by atoms with E-state index in [2.05, 4.69) is 5.10 Å². The standard InChI is InChI=1S/C19H21ClN4O2/c1-14-17(19(20)24(21-14)16-6-4-3-5-7-16)8-9-18(26)23-12-10-22(11-13-23)15(2)25/h3-9H,10-13H2,1-2H3/b9-8+. The van der Waals surface area contributed by atoms with Crippen molar-refractivity contribution in [2.24, 2.45) is 0 Å². The largest absolute Gasteiger partial charge is 0.339 e.